The number of ether oxygens (including phenoxy) is 2. The van der Waals surface area contributed by atoms with Crippen LogP contribution in [0.25, 0.3) is 11.1 Å². The van der Waals surface area contributed by atoms with Gasteiger partial charge in [0.1, 0.15) is 6.04 Å². The molecule has 2 N–H and O–H groups in total. The van der Waals surface area contributed by atoms with Crippen LogP contribution in [-0.4, -0.2) is 78.9 Å². The van der Waals surface area contributed by atoms with Crippen molar-refractivity contribution < 1.29 is 24.2 Å². The Kier molecular flexibility index (Phi) is 15.0. The molecule has 1 saturated heterocycles. The number of hydrogen-bond donors (Lipinski definition) is 2. The van der Waals surface area contributed by atoms with Gasteiger partial charge >= 0.3 is 5.97 Å². The predicted molar refractivity (Wildman–Crippen MR) is 177 cm³/mol. The number of carboxylic acid groups (broad SMARTS) is 1. The summed E-state index contributed by atoms with van der Waals surface area (Å²) >= 11 is 1.57. The van der Waals surface area contributed by atoms with Gasteiger partial charge in [0.25, 0.3) is 5.91 Å². The number of nitrogens with zero attached hydrogens (tertiary/aromatic N) is 1. The average Bonchev–Trinajstić information content (AvgIpc) is 3.40. The van der Waals surface area contributed by atoms with Gasteiger partial charge < -0.3 is 19.9 Å². The van der Waals surface area contributed by atoms with Crippen LogP contribution in [0.5, 0.6) is 0 Å². The third kappa shape index (κ3) is 10.3. The highest BCUT2D eigenvalue weighted by atomic mass is 32.2. The van der Waals surface area contributed by atoms with Crippen LogP contribution in [0.3, 0.4) is 0 Å². The Labute approximate surface area is 263 Å². The fourth-order valence-corrected chi connectivity index (χ4v) is 6.66. The molecular formula is C35H52N2O5S. The van der Waals surface area contributed by atoms with Gasteiger partial charge in [0, 0.05) is 38.4 Å². The van der Waals surface area contributed by atoms with Gasteiger partial charge in [-0.15, -0.1) is 0 Å². The number of carboxylic acids is 1. The maximum atomic E-state index is 13.4. The second-order valence-electron chi connectivity index (χ2n) is 11.6. The third-order valence-electron chi connectivity index (χ3n) is 8.50. The van der Waals surface area contributed by atoms with Crippen LogP contribution < -0.4 is 5.32 Å². The van der Waals surface area contributed by atoms with Crippen LogP contribution in [0.15, 0.2) is 42.5 Å². The van der Waals surface area contributed by atoms with E-state index >= 15 is 0 Å². The second kappa shape index (κ2) is 18.4. The van der Waals surface area contributed by atoms with E-state index in [0.717, 1.165) is 48.4 Å². The fourth-order valence-electron chi connectivity index (χ4n) is 6.19. The molecule has 238 valence electrons. The van der Waals surface area contributed by atoms with Crippen molar-refractivity contribution in [2.45, 2.75) is 90.4 Å². The summed E-state index contributed by atoms with van der Waals surface area (Å²) in [6.07, 6.45) is 10.0. The first-order chi connectivity index (χ1) is 20.9. The van der Waals surface area contributed by atoms with Crippen molar-refractivity contribution in [3.05, 3.63) is 59.2 Å². The van der Waals surface area contributed by atoms with Crippen LogP contribution in [0, 0.1) is 12.8 Å². The highest BCUT2D eigenvalue weighted by Crippen LogP contribution is 2.31. The molecule has 0 aromatic heterocycles. The molecule has 4 rings (SSSR count). The summed E-state index contributed by atoms with van der Waals surface area (Å²) in [5.74, 6) is -0.0293. The van der Waals surface area contributed by atoms with E-state index in [2.05, 4.69) is 16.3 Å². The number of methoxy groups -OCH3 is 1. The fraction of sp³-hybridized carbons (Fsp3) is 0.600. The summed E-state index contributed by atoms with van der Waals surface area (Å²) in [4.78, 5) is 27.7. The molecular weight excluding hydrogens is 560 g/mol. The highest BCUT2D eigenvalue weighted by molar-refractivity contribution is 7.98. The van der Waals surface area contributed by atoms with Crippen LogP contribution in [0.1, 0.15) is 80.3 Å². The molecule has 2 fully saturated rings. The average molecular weight is 613 g/mol. The van der Waals surface area contributed by atoms with Crippen molar-refractivity contribution in [3.63, 3.8) is 0 Å². The van der Waals surface area contributed by atoms with E-state index in [-0.39, 0.29) is 18.1 Å². The van der Waals surface area contributed by atoms with Crippen molar-refractivity contribution >= 4 is 23.6 Å². The number of hydrogen-bond acceptors (Lipinski definition) is 6. The summed E-state index contributed by atoms with van der Waals surface area (Å²) in [5, 5.41) is 12.4. The minimum absolute atomic E-state index is 0.201. The largest absolute Gasteiger partial charge is 0.480 e. The quantitative estimate of drug-likeness (QED) is 0.242. The first-order valence-electron chi connectivity index (χ1n) is 16.0. The molecule has 0 spiro atoms. The van der Waals surface area contributed by atoms with E-state index in [1.54, 1.807) is 18.9 Å². The van der Waals surface area contributed by atoms with E-state index in [0.29, 0.717) is 30.3 Å². The van der Waals surface area contributed by atoms with Gasteiger partial charge in [0.05, 0.1) is 12.7 Å². The van der Waals surface area contributed by atoms with Gasteiger partial charge in [0.15, 0.2) is 0 Å². The Morgan fingerprint density at radius 3 is 2.49 bits per heavy atom. The van der Waals surface area contributed by atoms with E-state index < -0.39 is 12.0 Å². The molecule has 1 aliphatic heterocycles. The number of benzene rings is 2. The van der Waals surface area contributed by atoms with Crippen LogP contribution in [0.2, 0.25) is 0 Å². The molecule has 1 saturated carbocycles. The van der Waals surface area contributed by atoms with E-state index in [1.807, 2.05) is 63.4 Å². The summed E-state index contributed by atoms with van der Waals surface area (Å²) in [7, 11) is 1.75. The monoisotopic (exact) mass is 612 g/mol. The minimum atomic E-state index is -1.01. The molecule has 2 aromatic carbocycles. The number of carbonyl (C=O) groups excluding carboxylic acids is 1. The van der Waals surface area contributed by atoms with Crippen molar-refractivity contribution in [2.24, 2.45) is 5.92 Å². The van der Waals surface area contributed by atoms with Crippen molar-refractivity contribution in [1.29, 1.82) is 0 Å². The molecule has 43 heavy (non-hydrogen) atoms. The molecule has 1 heterocycles. The number of aliphatic carboxylic acids is 1. The lowest BCUT2D eigenvalue weighted by Gasteiger charge is -2.25. The lowest BCUT2D eigenvalue weighted by Crippen LogP contribution is -2.41. The Morgan fingerprint density at radius 1 is 1.07 bits per heavy atom. The standard InChI is InChI=1S/C33H46N2O5S.C2H6/c1-23-9-7-8-12-28(23)30-17-25(13-14-29(30)32(36)34-31(33(37)38)15-16-41-3)19-35-20-27(18-26(35)22-39-2)40-21-24-10-5-4-6-11-24;1-2/h7-9,12-14,17,24,26-27,31H,4-6,10-11,15-16,18-22H2,1-3H3,(H,34,36)(H,37,38);1-2H3/t26?,27-,31?;/m0./s1. The lowest BCUT2D eigenvalue weighted by molar-refractivity contribution is -0.139. The zero-order chi connectivity index (χ0) is 31.2. The zero-order valence-electron chi connectivity index (χ0n) is 26.8. The lowest BCUT2D eigenvalue weighted by atomic mass is 9.90. The second-order valence-corrected chi connectivity index (χ2v) is 12.6. The SMILES string of the molecule is CC.COCC1C[C@H](OCC2CCCCC2)CN1Cc1ccc(C(=O)NC(CCSC)C(=O)O)c(-c2ccccc2C)c1. The van der Waals surface area contributed by atoms with Crippen molar-refractivity contribution in [2.75, 3.05) is 38.9 Å². The maximum Gasteiger partial charge on any atom is 0.326 e. The molecule has 7 nitrogen and oxygen atoms in total. The summed E-state index contributed by atoms with van der Waals surface area (Å²) in [6.45, 7) is 9.13. The van der Waals surface area contributed by atoms with Gasteiger partial charge in [-0.1, -0.05) is 63.4 Å². The zero-order valence-corrected chi connectivity index (χ0v) is 27.6. The van der Waals surface area contributed by atoms with E-state index in [4.69, 9.17) is 9.47 Å². The number of amides is 1. The van der Waals surface area contributed by atoms with Crippen molar-refractivity contribution in [1.82, 2.24) is 10.2 Å². The van der Waals surface area contributed by atoms with Crippen LogP contribution >= 0.6 is 11.8 Å². The Bertz CT molecular complexity index is 1150. The number of nitrogens with one attached hydrogen (secondary N) is 1. The van der Waals surface area contributed by atoms with E-state index in [9.17, 15) is 14.7 Å². The minimum Gasteiger partial charge on any atom is -0.480 e. The van der Waals surface area contributed by atoms with Crippen LogP contribution in [0.4, 0.5) is 0 Å². The maximum absolute atomic E-state index is 13.4. The van der Waals surface area contributed by atoms with Gasteiger partial charge in [-0.2, -0.15) is 11.8 Å². The number of thioether (sulfide) groups is 1. The number of likely N-dealkylation sites (tertiary alicyclic amines) is 1. The normalized spacial score (nSPS) is 19.8. The molecule has 0 radical (unpaired) electrons. The first-order valence-corrected chi connectivity index (χ1v) is 17.3. The van der Waals surface area contributed by atoms with Gasteiger partial charge in [-0.25, -0.2) is 4.79 Å². The van der Waals surface area contributed by atoms with E-state index in [1.165, 1.54) is 32.1 Å². The molecule has 2 aromatic rings. The Hall–Kier alpha value is -2.39. The molecule has 3 atom stereocenters. The van der Waals surface area contributed by atoms with Crippen LogP contribution in [-0.2, 0) is 20.8 Å². The molecule has 1 amide bonds. The van der Waals surface area contributed by atoms with Crippen molar-refractivity contribution in [3.8, 4) is 11.1 Å². The molecule has 8 heteroatoms. The molecule has 2 aliphatic rings. The third-order valence-corrected chi connectivity index (χ3v) is 9.15. The van der Waals surface area contributed by atoms with Gasteiger partial charge in [-0.3, -0.25) is 9.69 Å². The Balaban J connectivity index is 0.00000248. The number of carbonyl (C=O) groups is 2. The smallest absolute Gasteiger partial charge is 0.326 e. The Morgan fingerprint density at radius 2 is 1.81 bits per heavy atom. The van der Waals surface area contributed by atoms with Gasteiger partial charge in [-0.05, 0) is 84.9 Å². The summed E-state index contributed by atoms with van der Waals surface area (Å²) < 4.78 is 12.0. The molecule has 1 aliphatic carbocycles. The topological polar surface area (TPSA) is 88.1 Å². The molecule has 2 unspecified atom stereocenters. The number of aryl methyl sites for hydroxylation is 1. The summed E-state index contributed by atoms with van der Waals surface area (Å²) in [5.41, 5.74) is 4.44. The van der Waals surface area contributed by atoms with Gasteiger partial charge in [0.2, 0.25) is 0 Å². The summed E-state index contributed by atoms with van der Waals surface area (Å²) in [6, 6.07) is 13.3. The predicted octanol–water partition coefficient (Wildman–Crippen LogP) is 6.81. The first kappa shape index (κ1) is 35.1. The highest BCUT2D eigenvalue weighted by Gasteiger charge is 2.33. The number of rotatable bonds is 14. The molecule has 0 bridgehead atoms.